The van der Waals surface area contributed by atoms with Gasteiger partial charge in [-0.15, -0.1) is 0 Å². The normalized spacial score (nSPS) is 18.0. The zero-order valence-corrected chi connectivity index (χ0v) is 7.54. The summed E-state index contributed by atoms with van der Waals surface area (Å²) in [6.45, 7) is 6.77. The third-order valence-electron chi connectivity index (χ3n) is 2.20. The van der Waals surface area contributed by atoms with Crippen molar-refractivity contribution in [2.24, 2.45) is 11.8 Å². The van der Waals surface area contributed by atoms with Crippen molar-refractivity contribution in [3.8, 4) is 0 Å². The van der Waals surface area contributed by atoms with Crippen molar-refractivity contribution in [1.82, 2.24) is 0 Å². The fraction of sp³-hybridized carbons (Fsp3) is 0.455. The maximum Gasteiger partial charge on any atom is -0.0230 e. The molecule has 1 aliphatic rings. The lowest BCUT2D eigenvalue weighted by atomic mass is 9.96. The lowest BCUT2D eigenvalue weighted by Crippen LogP contribution is -1.99. The second kappa shape index (κ2) is 3.56. The Hall–Kier alpha value is -0.780. The van der Waals surface area contributed by atoms with Crippen LogP contribution < -0.4 is 0 Å². The molecule has 0 heterocycles. The third kappa shape index (κ3) is 2.38. The van der Waals surface area contributed by atoms with Crippen molar-refractivity contribution in [2.45, 2.75) is 20.8 Å². The SMILES string of the molecule is CC(C)C(C)C=C1C=CC=C1. The van der Waals surface area contributed by atoms with Gasteiger partial charge in [-0.3, -0.25) is 0 Å². The molecular weight excluding hydrogens is 132 g/mol. The van der Waals surface area contributed by atoms with Gasteiger partial charge in [0.05, 0.1) is 0 Å². The maximum atomic E-state index is 2.32. The minimum Gasteiger partial charge on any atom is -0.0742 e. The van der Waals surface area contributed by atoms with Gasteiger partial charge in [0.2, 0.25) is 0 Å². The van der Waals surface area contributed by atoms with Crippen LogP contribution >= 0.6 is 0 Å². The summed E-state index contributed by atoms with van der Waals surface area (Å²) in [6.07, 6.45) is 10.8. The van der Waals surface area contributed by atoms with Crippen molar-refractivity contribution in [2.75, 3.05) is 0 Å². The molecule has 0 bridgehead atoms. The van der Waals surface area contributed by atoms with Gasteiger partial charge in [-0.25, -0.2) is 0 Å². The van der Waals surface area contributed by atoms with Gasteiger partial charge in [0.25, 0.3) is 0 Å². The Morgan fingerprint density at radius 2 is 1.64 bits per heavy atom. The first-order valence-corrected chi connectivity index (χ1v) is 4.26. The molecule has 0 radical (unpaired) electrons. The monoisotopic (exact) mass is 148 g/mol. The summed E-state index contributed by atoms with van der Waals surface area (Å²) in [4.78, 5) is 0. The van der Waals surface area contributed by atoms with Gasteiger partial charge in [-0.05, 0) is 17.4 Å². The second-order valence-electron chi connectivity index (χ2n) is 3.49. The lowest BCUT2D eigenvalue weighted by Gasteiger charge is -2.10. The number of rotatable bonds is 2. The van der Waals surface area contributed by atoms with Crippen LogP contribution in [0.5, 0.6) is 0 Å². The predicted octanol–water partition coefficient (Wildman–Crippen LogP) is 3.33. The molecule has 0 spiro atoms. The zero-order valence-electron chi connectivity index (χ0n) is 7.54. The molecular formula is C11H16. The van der Waals surface area contributed by atoms with Crippen LogP contribution in [-0.2, 0) is 0 Å². The first kappa shape index (κ1) is 8.32. The highest BCUT2D eigenvalue weighted by atomic mass is 14.1. The van der Waals surface area contributed by atoms with Gasteiger partial charge >= 0.3 is 0 Å². The molecule has 0 N–H and O–H groups in total. The molecule has 11 heavy (non-hydrogen) atoms. The highest BCUT2D eigenvalue weighted by molar-refractivity contribution is 5.40. The Bertz CT molecular complexity index is 190. The van der Waals surface area contributed by atoms with E-state index >= 15 is 0 Å². The van der Waals surface area contributed by atoms with E-state index in [1.54, 1.807) is 0 Å². The average molecular weight is 148 g/mol. The molecule has 1 atom stereocenters. The quantitative estimate of drug-likeness (QED) is 0.563. The van der Waals surface area contributed by atoms with Crippen molar-refractivity contribution < 1.29 is 0 Å². The van der Waals surface area contributed by atoms with Crippen LogP contribution in [0, 0.1) is 11.8 Å². The van der Waals surface area contributed by atoms with Gasteiger partial charge in [-0.1, -0.05) is 51.2 Å². The van der Waals surface area contributed by atoms with Crippen molar-refractivity contribution in [3.05, 3.63) is 36.0 Å². The van der Waals surface area contributed by atoms with E-state index in [0.29, 0.717) is 5.92 Å². The fourth-order valence-corrected chi connectivity index (χ4v) is 0.996. The largest absolute Gasteiger partial charge is 0.0742 e. The lowest BCUT2D eigenvalue weighted by molar-refractivity contribution is 0.503. The summed E-state index contributed by atoms with van der Waals surface area (Å²) in [6, 6.07) is 0. The first-order valence-electron chi connectivity index (χ1n) is 4.26. The molecule has 0 saturated carbocycles. The Labute approximate surface area is 69.3 Å². The molecule has 0 amide bonds. The molecule has 0 aromatic rings. The molecule has 1 rings (SSSR count). The summed E-state index contributed by atoms with van der Waals surface area (Å²) in [5, 5.41) is 0. The van der Waals surface area contributed by atoms with E-state index in [1.807, 2.05) is 0 Å². The minimum atomic E-state index is 0.678. The first-order chi connectivity index (χ1) is 5.20. The molecule has 0 aliphatic heterocycles. The van der Waals surface area contributed by atoms with Crippen LogP contribution in [0.15, 0.2) is 36.0 Å². The number of allylic oxidation sites excluding steroid dienone is 6. The number of hydrogen-bond donors (Lipinski definition) is 0. The van der Waals surface area contributed by atoms with Crippen LogP contribution in [0.1, 0.15) is 20.8 Å². The second-order valence-corrected chi connectivity index (χ2v) is 3.49. The number of hydrogen-bond acceptors (Lipinski definition) is 0. The Morgan fingerprint density at radius 1 is 1.09 bits per heavy atom. The van der Waals surface area contributed by atoms with E-state index in [4.69, 9.17) is 0 Å². The van der Waals surface area contributed by atoms with Crippen molar-refractivity contribution in [3.63, 3.8) is 0 Å². The van der Waals surface area contributed by atoms with E-state index in [9.17, 15) is 0 Å². The standard InChI is InChI=1S/C11H16/c1-9(2)10(3)8-11-6-4-5-7-11/h4-10H,1-3H3. The van der Waals surface area contributed by atoms with Crippen LogP contribution in [0.25, 0.3) is 0 Å². The Kier molecular flexibility index (Phi) is 2.70. The summed E-state index contributed by atoms with van der Waals surface area (Å²) >= 11 is 0. The van der Waals surface area contributed by atoms with E-state index in [1.165, 1.54) is 5.57 Å². The molecule has 0 aromatic carbocycles. The smallest absolute Gasteiger partial charge is 0.0230 e. The highest BCUT2D eigenvalue weighted by Gasteiger charge is 2.03. The van der Waals surface area contributed by atoms with E-state index < -0.39 is 0 Å². The molecule has 0 aromatic heterocycles. The van der Waals surface area contributed by atoms with Gasteiger partial charge in [0.1, 0.15) is 0 Å². The highest BCUT2D eigenvalue weighted by Crippen LogP contribution is 2.16. The van der Waals surface area contributed by atoms with Gasteiger partial charge in [-0.2, -0.15) is 0 Å². The van der Waals surface area contributed by atoms with E-state index in [0.717, 1.165) is 5.92 Å². The van der Waals surface area contributed by atoms with Crippen LogP contribution in [0.3, 0.4) is 0 Å². The molecule has 0 heteroatoms. The van der Waals surface area contributed by atoms with Crippen LogP contribution in [-0.4, -0.2) is 0 Å². The fourth-order valence-electron chi connectivity index (χ4n) is 0.996. The topological polar surface area (TPSA) is 0 Å². The van der Waals surface area contributed by atoms with E-state index in [2.05, 4.69) is 51.2 Å². The summed E-state index contributed by atoms with van der Waals surface area (Å²) in [5.74, 6) is 1.42. The molecule has 0 nitrogen and oxygen atoms in total. The van der Waals surface area contributed by atoms with Crippen molar-refractivity contribution >= 4 is 0 Å². The Morgan fingerprint density at radius 3 is 2.09 bits per heavy atom. The van der Waals surface area contributed by atoms with E-state index in [-0.39, 0.29) is 0 Å². The molecule has 60 valence electrons. The minimum absolute atomic E-state index is 0.678. The van der Waals surface area contributed by atoms with Crippen LogP contribution in [0.4, 0.5) is 0 Å². The molecule has 0 fully saturated rings. The summed E-state index contributed by atoms with van der Waals surface area (Å²) in [7, 11) is 0. The van der Waals surface area contributed by atoms with Crippen molar-refractivity contribution in [1.29, 1.82) is 0 Å². The summed E-state index contributed by atoms with van der Waals surface area (Å²) < 4.78 is 0. The zero-order chi connectivity index (χ0) is 8.27. The third-order valence-corrected chi connectivity index (χ3v) is 2.20. The molecule has 1 aliphatic carbocycles. The van der Waals surface area contributed by atoms with Gasteiger partial charge < -0.3 is 0 Å². The van der Waals surface area contributed by atoms with Gasteiger partial charge in [0, 0.05) is 0 Å². The molecule has 1 unspecified atom stereocenters. The van der Waals surface area contributed by atoms with Gasteiger partial charge in [0.15, 0.2) is 0 Å². The maximum absolute atomic E-state index is 2.32. The molecule has 0 saturated heterocycles. The summed E-state index contributed by atoms with van der Waals surface area (Å²) in [5.41, 5.74) is 1.35. The Balaban J connectivity index is 2.58. The average Bonchev–Trinajstić information content (AvgIpc) is 2.39. The predicted molar refractivity (Wildman–Crippen MR) is 50.4 cm³/mol. The van der Waals surface area contributed by atoms with Crippen LogP contribution in [0.2, 0.25) is 0 Å².